The summed E-state index contributed by atoms with van der Waals surface area (Å²) < 4.78 is 75.8. The Morgan fingerprint density at radius 3 is 2.14 bits per heavy atom. The highest BCUT2D eigenvalue weighted by atomic mass is 32.2. The van der Waals surface area contributed by atoms with Gasteiger partial charge in [-0.05, 0) is 42.8 Å². The standard InChI is InChI=1S/C14H10F4O2S/c1-9-5-6-12(8-13(9)15)21(19,20)11-4-2-3-10(7-11)14(16,17)18/h2-8H,1H3. The lowest BCUT2D eigenvalue weighted by Gasteiger charge is -2.10. The summed E-state index contributed by atoms with van der Waals surface area (Å²) in [5.41, 5.74) is -0.825. The van der Waals surface area contributed by atoms with E-state index in [0.29, 0.717) is 6.07 Å². The minimum atomic E-state index is -4.65. The Kier molecular flexibility index (Phi) is 3.79. The second kappa shape index (κ2) is 5.14. The fraction of sp³-hybridized carbons (Fsp3) is 0.143. The highest BCUT2D eigenvalue weighted by Gasteiger charge is 2.32. The molecule has 0 saturated carbocycles. The van der Waals surface area contributed by atoms with E-state index >= 15 is 0 Å². The number of hydrogen-bond acceptors (Lipinski definition) is 2. The van der Waals surface area contributed by atoms with Crippen molar-refractivity contribution in [3.63, 3.8) is 0 Å². The van der Waals surface area contributed by atoms with Crippen molar-refractivity contribution in [1.82, 2.24) is 0 Å². The van der Waals surface area contributed by atoms with E-state index in [1.54, 1.807) is 0 Å². The second-order valence-electron chi connectivity index (χ2n) is 4.44. The first-order chi connectivity index (χ1) is 9.62. The minimum absolute atomic E-state index is 0.248. The van der Waals surface area contributed by atoms with Crippen molar-refractivity contribution < 1.29 is 26.0 Å². The Morgan fingerprint density at radius 2 is 1.57 bits per heavy atom. The molecule has 0 fully saturated rings. The van der Waals surface area contributed by atoms with E-state index in [1.807, 2.05) is 0 Å². The van der Waals surface area contributed by atoms with E-state index in [2.05, 4.69) is 0 Å². The van der Waals surface area contributed by atoms with Gasteiger partial charge in [0.1, 0.15) is 5.82 Å². The lowest BCUT2D eigenvalue weighted by atomic mass is 10.2. The Hall–Kier alpha value is -1.89. The highest BCUT2D eigenvalue weighted by Crippen LogP contribution is 2.32. The van der Waals surface area contributed by atoms with Crippen molar-refractivity contribution in [3.05, 3.63) is 59.4 Å². The summed E-state index contributed by atoms with van der Waals surface area (Å²) in [6, 6.07) is 6.57. The number of sulfone groups is 1. The smallest absolute Gasteiger partial charge is 0.219 e. The van der Waals surface area contributed by atoms with Crippen LogP contribution in [0.3, 0.4) is 0 Å². The molecule has 2 nitrogen and oxygen atoms in total. The van der Waals surface area contributed by atoms with E-state index in [-0.39, 0.29) is 10.5 Å². The topological polar surface area (TPSA) is 34.1 Å². The van der Waals surface area contributed by atoms with E-state index < -0.39 is 32.3 Å². The van der Waals surface area contributed by atoms with Crippen LogP contribution in [0.4, 0.5) is 17.6 Å². The summed E-state index contributed by atoms with van der Waals surface area (Å²) in [7, 11) is -4.20. The van der Waals surface area contributed by atoms with Gasteiger partial charge in [0.05, 0.1) is 15.4 Å². The molecule has 0 aromatic heterocycles. The first kappa shape index (κ1) is 15.5. The summed E-state index contributed by atoms with van der Waals surface area (Å²) in [5, 5.41) is 0. The van der Waals surface area contributed by atoms with E-state index in [1.165, 1.54) is 13.0 Å². The summed E-state index contributed by atoms with van der Waals surface area (Å²) in [4.78, 5) is -0.912. The maximum atomic E-state index is 13.4. The predicted octanol–water partition coefficient (Wildman–Crippen LogP) is 3.99. The number of rotatable bonds is 2. The molecule has 7 heteroatoms. The fourth-order valence-corrected chi connectivity index (χ4v) is 3.03. The zero-order valence-corrected chi connectivity index (χ0v) is 11.6. The molecule has 0 unspecified atom stereocenters. The second-order valence-corrected chi connectivity index (χ2v) is 6.39. The number of halogens is 4. The molecule has 0 atom stereocenters. The van der Waals surface area contributed by atoms with Gasteiger partial charge in [0, 0.05) is 0 Å². The van der Waals surface area contributed by atoms with Crippen LogP contribution in [0.15, 0.2) is 52.3 Å². The molecule has 0 N–H and O–H groups in total. The Balaban J connectivity index is 2.56. The van der Waals surface area contributed by atoms with Gasteiger partial charge in [-0.2, -0.15) is 13.2 Å². The molecule has 2 aromatic rings. The largest absolute Gasteiger partial charge is 0.416 e. The maximum Gasteiger partial charge on any atom is 0.416 e. The molecule has 0 spiro atoms. The molecule has 112 valence electrons. The molecule has 0 bridgehead atoms. The van der Waals surface area contributed by atoms with Gasteiger partial charge in [0.2, 0.25) is 9.84 Å². The van der Waals surface area contributed by atoms with Crippen molar-refractivity contribution in [2.75, 3.05) is 0 Å². The van der Waals surface area contributed by atoms with Crippen molar-refractivity contribution in [3.8, 4) is 0 Å². The molecule has 2 rings (SSSR count). The van der Waals surface area contributed by atoms with Crippen molar-refractivity contribution in [1.29, 1.82) is 0 Å². The SMILES string of the molecule is Cc1ccc(S(=O)(=O)c2cccc(C(F)(F)F)c2)cc1F. The van der Waals surface area contributed by atoms with Crippen LogP contribution < -0.4 is 0 Å². The van der Waals surface area contributed by atoms with Crippen LogP contribution in [0.5, 0.6) is 0 Å². The minimum Gasteiger partial charge on any atom is -0.219 e. The first-order valence-electron chi connectivity index (χ1n) is 5.81. The van der Waals surface area contributed by atoms with Gasteiger partial charge in [-0.15, -0.1) is 0 Å². The summed E-state index contributed by atoms with van der Waals surface area (Å²) in [5.74, 6) is -0.733. The van der Waals surface area contributed by atoms with Crippen LogP contribution in [0, 0.1) is 12.7 Å². The van der Waals surface area contributed by atoms with Gasteiger partial charge in [-0.1, -0.05) is 12.1 Å². The molecule has 2 aromatic carbocycles. The number of benzene rings is 2. The molecule has 0 aliphatic carbocycles. The molecule has 0 aliphatic heterocycles. The van der Waals surface area contributed by atoms with Crippen molar-refractivity contribution >= 4 is 9.84 Å². The lowest BCUT2D eigenvalue weighted by Crippen LogP contribution is -2.08. The molecule has 0 amide bonds. The molecular formula is C14H10F4O2S. The van der Waals surface area contributed by atoms with Gasteiger partial charge in [-0.3, -0.25) is 0 Å². The van der Waals surface area contributed by atoms with E-state index in [4.69, 9.17) is 0 Å². The molecular weight excluding hydrogens is 308 g/mol. The Bertz CT molecular complexity index is 780. The zero-order chi connectivity index (χ0) is 15.8. The number of hydrogen-bond donors (Lipinski definition) is 0. The first-order valence-corrected chi connectivity index (χ1v) is 7.29. The van der Waals surface area contributed by atoms with Crippen LogP contribution >= 0.6 is 0 Å². The quantitative estimate of drug-likeness (QED) is 0.785. The lowest BCUT2D eigenvalue weighted by molar-refractivity contribution is -0.137. The normalized spacial score (nSPS) is 12.4. The van der Waals surface area contributed by atoms with Gasteiger partial charge >= 0.3 is 6.18 Å². The van der Waals surface area contributed by atoms with Crippen molar-refractivity contribution in [2.45, 2.75) is 22.9 Å². The summed E-state index contributed by atoms with van der Waals surface area (Å²) in [6.07, 6.45) is -4.65. The van der Waals surface area contributed by atoms with Crippen LogP contribution in [0.25, 0.3) is 0 Å². The number of alkyl halides is 3. The van der Waals surface area contributed by atoms with Crippen LogP contribution in [-0.2, 0) is 16.0 Å². The van der Waals surface area contributed by atoms with E-state index in [9.17, 15) is 26.0 Å². The average Bonchev–Trinajstić information content (AvgIpc) is 2.41. The molecule has 0 radical (unpaired) electrons. The average molecular weight is 318 g/mol. The molecule has 0 heterocycles. The van der Waals surface area contributed by atoms with Gasteiger partial charge in [0.25, 0.3) is 0 Å². The molecule has 0 saturated heterocycles. The van der Waals surface area contributed by atoms with Crippen molar-refractivity contribution in [2.24, 2.45) is 0 Å². The molecule has 21 heavy (non-hydrogen) atoms. The third-order valence-electron chi connectivity index (χ3n) is 2.93. The third kappa shape index (κ3) is 3.07. The van der Waals surface area contributed by atoms with Crippen LogP contribution in [-0.4, -0.2) is 8.42 Å². The summed E-state index contributed by atoms with van der Waals surface area (Å²) >= 11 is 0. The van der Waals surface area contributed by atoms with Gasteiger partial charge < -0.3 is 0 Å². The summed E-state index contributed by atoms with van der Waals surface area (Å²) in [6.45, 7) is 1.45. The fourth-order valence-electron chi connectivity index (χ4n) is 1.72. The van der Waals surface area contributed by atoms with Gasteiger partial charge in [-0.25, -0.2) is 12.8 Å². The van der Waals surface area contributed by atoms with E-state index in [0.717, 1.165) is 30.3 Å². The number of aryl methyl sites for hydroxylation is 1. The van der Waals surface area contributed by atoms with Crippen LogP contribution in [0.2, 0.25) is 0 Å². The Morgan fingerprint density at radius 1 is 0.952 bits per heavy atom. The zero-order valence-electron chi connectivity index (χ0n) is 10.8. The third-order valence-corrected chi connectivity index (χ3v) is 4.67. The maximum absolute atomic E-state index is 13.4. The highest BCUT2D eigenvalue weighted by molar-refractivity contribution is 7.91. The molecule has 0 aliphatic rings. The monoisotopic (exact) mass is 318 g/mol. The van der Waals surface area contributed by atoms with Gasteiger partial charge in [0.15, 0.2) is 0 Å². The Labute approximate surface area is 119 Å². The predicted molar refractivity (Wildman–Crippen MR) is 68.0 cm³/mol. The van der Waals surface area contributed by atoms with Crippen LogP contribution in [0.1, 0.15) is 11.1 Å².